The number of aliphatic carboxylic acids is 1. The van der Waals surface area contributed by atoms with E-state index in [2.05, 4.69) is 5.10 Å². The molecule has 130 valence electrons. The van der Waals surface area contributed by atoms with Crippen molar-refractivity contribution in [3.05, 3.63) is 59.8 Å². The lowest BCUT2D eigenvalue weighted by atomic mass is 10.1. The van der Waals surface area contributed by atoms with Crippen LogP contribution in [0.25, 0.3) is 10.9 Å². The zero-order valence-corrected chi connectivity index (χ0v) is 14.5. The predicted octanol–water partition coefficient (Wildman–Crippen LogP) is 2.99. The lowest BCUT2D eigenvalue weighted by molar-refractivity contribution is -0.137. The highest BCUT2D eigenvalue weighted by atomic mass is 32.2. The van der Waals surface area contributed by atoms with E-state index in [-0.39, 0.29) is 11.3 Å². The molecule has 0 aliphatic rings. The fourth-order valence-corrected chi connectivity index (χ4v) is 3.99. The van der Waals surface area contributed by atoms with Crippen LogP contribution in [0.4, 0.5) is 0 Å². The summed E-state index contributed by atoms with van der Waals surface area (Å²) in [7, 11) is -3.81. The first kappa shape index (κ1) is 17.2. The van der Waals surface area contributed by atoms with Gasteiger partial charge in [0.15, 0.2) is 0 Å². The summed E-state index contributed by atoms with van der Waals surface area (Å²) in [5.74, 6) is -0.879. The molecule has 0 spiro atoms. The van der Waals surface area contributed by atoms with Gasteiger partial charge in [-0.15, -0.1) is 0 Å². The van der Waals surface area contributed by atoms with Crippen molar-refractivity contribution >= 4 is 26.9 Å². The fraction of sp³-hybridized carbons (Fsp3) is 0.222. The summed E-state index contributed by atoms with van der Waals surface area (Å²) in [5, 5.41) is 13.8. The van der Waals surface area contributed by atoms with E-state index in [1.165, 1.54) is 0 Å². The molecule has 0 saturated carbocycles. The zero-order chi connectivity index (χ0) is 18.0. The van der Waals surface area contributed by atoms with Crippen LogP contribution in [0.5, 0.6) is 0 Å². The van der Waals surface area contributed by atoms with Crippen LogP contribution in [0, 0.1) is 6.92 Å². The van der Waals surface area contributed by atoms with Gasteiger partial charge in [0.1, 0.15) is 0 Å². The van der Waals surface area contributed by atoms with E-state index in [1.54, 1.807) is 42.5 Å². The number of benzene rings is 2. The SMILES string of the molecule is Cc1ccc(S(=O)(=O)n2nc(CCCC(=O)O)c3ccccc32)cc1. The van der Waals surface area contributed by atoms with Crippen molar-refractivity contribution < 1.29 is 18.3 Å². The molecule has 3 aromatic rings. The highest BCUT2D eigenvalue weighted by molar-refractivity contribution is 7.90. The van der Waals surface area contributed by atoms with E-state index in [9.17, 15) is 13.2 Å². The number of nitrogens with zero attached hydrogens (tertiary/aromatic N) is 2. The molecule has 1 aromatic heterocycles. The first-order valence-corrected chi connectivity index (χ1v) is 9.34. The number of carboxylic acids is 1. The number of aromatic nitrogens is 2. The lowest BCUT2D eigenvalue weighted by Crippen LogP contribution is -2.14. The van der Waals surface area contributed by atoms with Crippen molar-refractivity contribution in [3.63, 3.8) is 0 Å². The van der Waals surface area contributed by atoms with Gasteiger partial charge >= 0.3 is 5.97 Å². The number of fused-ring (bicyclic) bond motifs is 1. The molecule has 0 aliphatic heterocycles. The average Bonchev–Trinajstić information content (AvgIpc) is 2.95. The normalized spacial score (nSPS) is 11.7. The Kier molecular flexibility index (Phi) is 4.59. The molecule has 3 rings (SSSR count). The Balaban J connectivity index is 2.07. The molecule has 0 saturated heterocycles. The maximum absolute atomic E-state index is 13.0. The molecule has 0 radical (unpaired) electrons. The van der Waals surface area contributed by atoms with Crippen molar-refractivity contribution in [3.8, 4) is 0 Å². The van der Waals surface area contributed by atoms with Gasteiger partial charge in [0.2, 0.25) is 0 Å². The Hall–Kier alpha value is -2.67. The van der Waals surface area contributed by atoms with Gasteiger partial charge in [0.05, 0.1) is 16.1 Å². The molecule has 0 fully saturated rings. The summed E-state index contributed by atoms with van der Waals surface area (Å²) in [6.07, 6.45) is 0.829. The number of para-hydroxylation sites is 1. The van der Waals surface area contributed by atoms with Gasteiger partial charge in [0.25, 0.3) is 10.0 Å². The van der Waals surface area contributed by atoms with Crippen LogP contribution in [0.2, 0.25) is 0 Å². The second-order valence-corrected chi connectivity index (χ2v) is 7.64. The first-order chi connectivity index (χ1) is 11.9. The van der Waals surface area contributed by atoms with Crippen molar-refractivity contribution in [2.75, 3.05) is 0 Å². The van der Waals surface area contributed by atoms with Gasteiger partial charge in [-0.1, -0.05) is 35.9 Å². The quantitative estimate of drug-likeness (QED) is 0.732. The van der Waals surface area contributed by atoms with Crippen LogP contribution in [-0.2, 0) is 21.2 Å². The first-order valence-electron chi connectivity index (χ1n) is 7.90. The maximum Gasteiger partial charge on any atom is 0.303 e. The Morgan fingerprint density at radius 3 is 2.48 bits per heavy atom. The largest absolute Gasteiger partial charge is 0.481 e. The average molecular weight is 358 g/mol. The van der Waals surface area contributed by atoms with E-state index in [0.29, 0.717) is 24.1 Å². The smallest absolute Gasteiger partial charge is 0.303 e. The Labute approximate surface area is 145 Å². The number of rotatable bonds is 6. The van der Waals surface area contributed by atoms with E-state index in [0.717, 1.165) is 15.0 Å². The molecule has 2 aromatic carbocycles. The number of hydrogen-bond acceptors (Lipinski definition) is 4. The molecule has 0 aliphatic carbocycles. The van der Waals surface area contributed by atoms with Crippen molar-refractivity contribution in [1.29, 1.82) is 0 Å². The summed E-state index contributed by atoms with van der Waals surface area (Å²) in [6, 6.07) is 13.7. The van der Waals surface area contributed by atoms with E-state index >= 15 is 0 Å². The van der Waals surface area contributed by atoms with Gasteiger partial charge in [-0.05, 0) is 38.0 Å². The van der Waals surface area contributed by atoms with Crippen LogP contribution in [-0.4, -0.2) is 28.7 Å². The molecule has 0 bridgehead atoms. The second-order valence-electron chi connectivity index (χ2n) is 5.87. The summed E-state index contributed by atoms with van der Waals surface area (Å²) in [6.45, 7) is 1.89. The van der Waals surface area contributed by atoms with Gasteiger partial charge in [-0.3, -0.25) is 4.79 Å². The minimum atomic E-state index is -3.81. The summed E-state index contributed by atoms with van der Waals surface area (Å²) in [4.78, 5) is 10.9. The molecule has 0 unspecified atom stereocenters. The Bertz CT molecular complexity index is 1020. The molecule has 0 amide bonds. The van der Waals surface area contributed by atoms with Crippen LogP contribution in [0.15, 0.2) is 53.4 Å². The summed E-state index contributed by atoms with van der Waals surface area (Å²) in [5.41, 5.74) is 2.06. The van der Waals surface area contributed by atoms with Gasteiger partial charge < -0.3 is 5.11 Å². The molecular weight excluding hydrogens is 340 g/mol. The zero-order valence-electron chi connectivity index (χ0n) is 13.7. The van der Waals surface area contributed by atoms with Gasteiger partial charge in [-0.25, -0.2) is 0 Å². The molecule has 1 N–H and O–H groups in total. The van der Waals surface area contributed by atoms with Crippen LogP contribution < -0.4 is 0 Å². The molecule has 7 heteroatoms. The maximum atomic E-state index is 13.0. The van der Waals surface area contributed by atoms with Crippen molar-refractivity contribution in [2.24, 2.45) is 0 Å². The standard InChI is InChI=1S/C18H18N2O4S/c1-13-9-11-14(12-10-13)25(23,24)20-17-7-3-2-5-15(17)16(19-20)6-4-8-18(21)22/h2-3,5,7,9-12H,4,6,8H2,1H3,(H,21,22). The fourth-order valence-electron chi connectivity index (χ4n) is 2.69. The predicted molar refractivity (Wildman–Crippen MR) is 94.1 cm³/mol. The third-order valence-corrected chi connectivity index (χ3v) is 5.58. The van der Waals surface area contributed by atoms with Crippen LogP contribution in [0.1, 0.15) is 24.1 Å². The minimum absolute atomic E-state index is 0.0197. The van der Waals surface area contributed by atoms with E-state index < -0.39 is 16.0 Å². The van der Waals surface area contributed by atoms with E-state index in [4.69, 9.17) is 5.11 Å². The lowest BCUT2D eigenvalue weighted by Gasteiger charge is -2.06. The van der Waals surface area contributed by atoms with Gasteiger partial charge in [-0.2, -0.15) is 17.6 Å². The number of carbonyl (C=O) groups is 1. The monoisotopic (exact) mass is 358 g/mol. The highest BCUT2D eigenvalue weighted by Gasteiger charge is 2.22. The van der Waals surface area contributed by atoms with Crippen LogP contribution >= 0.6 is 0 Å². The summed E-state index contributed by atoms with van der Waals surface area (Å²) < 4.78 is 27.0. The number of hydrogen-bond donors (Lipinski definition) is 1. The molecule has 6 nitrogen and oxygen atoms in total. The van der Waals surface area contributed by atoms with Gasteiger partial charge in [0, 0.05) is 11.8 Å². The third-order valence-electron chi connectivity index (χ3n) is 3.98. The number of carboxylic acid groups (broad SMARTS) is 1. The topological polar surface area (TPSA) is 89.3 Å². The second kappa shape index (κ2) is 6.68. The van der Waals surface area contributed by atoms with Crippen LogP contribution in [0.3, 0.4) is 0 Å². The van der Waals surface area contributed by atoms with Crippen molar-refractivity contribution in [1.82, 2.24) is 9.19 Å². The minimum Gasteiger partial charge on any atom is -0.481 e. The molecule has 0 atom stereocenters. The van der Waals surface area contributed by atoms with Crippen molar-refractivity contribution in [2.45, 2.75) is 31.1 Å². The Morgan fingerprint density at radius 1 is 1.12 bits per heavy atom. The molecular formula is C18H18N2O4S. The number of aryl methyl sites for hydroxylation is 2. The molecule has 25 heavy (non-hydrogen) atoms. The highest BCUT2D eigenvalue weighted by Crippen LogP contribution is 2.24. The molecule has 1 heterocycles. The van der Waals surface area contributed by atoms with E-state index in [1.807, 2.05) is 13.0 Å². The summed E-state index contributed by atoms with van der Waals surface area (Å²) >= 11 is 0. The Morgan fingerprint density at radius 2 is 1.80 bits per heavy atom. The third kappa shape index (κ3) is 3.41.